The average molecular weight is 586 g/mol. The number of rotatable bonds is 10. The van der Waals surface area contributed by atoms with Crippen LogP contribution in [0.2, 0.25) is 5.02 Å². The van der Waals surface area contributed by atoms with Gasteiger partial charge in [0.15, 0.2) is 12.6 Å². The molecule has 0 radical (unpaired) electrons. The van der Waals surface area contributed by atoms with E-state index in [4.69, 9.17) is 21.4 Å². The van der Waals surface area contributed by atoms with E-state index in [1.165, 1.54) is 24.1 Å². The molecule has 222 valence electrons. The molecule has 41 heavy (non-hydrogen) atoms. The molecule has 0 saturated carbocycles. The first kappa shape index (κ1) is 35.0. The predicted molar refractivity (Wildman–Crippen MR) is 164 cm³/mol. The number of hydrogen-bond donors (Lipinski definition) is 1. The predicted octanol–water partition coefficient (Wildman–Crippen LogP) is 5.46. The second-order valence-electron chi connectivity index (χ2n) is 8.70. The maximum Gasteiger partial charge on any atom is 0.273 e. The fraction of sp³-hybridized carbons (Fsp3) is 0.367. The Morgan fingerprint density at radius 2 is 1.83 bits per heavy atom. The van der Waals surface area contributed by atoms with Gasteiger partial charge < -0.3 is 23.9 Å². The second kappa shape index (κ2) is 16.3. The summed E-state index contributed by atoms with van der Waals surface area (Å²) in [6.07, 6.45) is 7.84. The number of halogens is 1. The van der Waals surface area contributed by atoms with Crippen molar-refractivity contribution in [3.05, 3.63) is 81.2 Å². The number of pyridine rings is 2. The number of methoxy groups -OCH3 is 1. The standard InChI is InChI=1S/C27H30ClN5O4.C2H6.CH4O/c1-8-18(9-2)23(32(6)22-11-19(28)13-31(5)27(22)36)24-21(15-35)30-25(33(24)16(3)4)20-10-17(14-34)12-29-26(20)37-7;2*1-2/h8-16,23H,1H2,2-7H3;1-2H3;2H,1H3/b18-9+;;. The maximum atomic E-state index is 13.1. The third-order valence-corrected chi connectivity index (χ3v) is 6.30. The smallest absolute Gasteiger partial charge is 0.273 e. The Labute approximate surface area is 246 Å². The lowest BCUT2D eigenvalue weighted by molar-refractivity contribution is 0.111. The summed E-state index contributed by atoms with van der Waals surface area (Å²) in [6, 6.07) is 2.39. The van der Waals surface area contributed by atoms with E-state index < -0.39 is 6.04 Å². The quantitative estimate of drug-likeness (QED) is 0.246. The fourth-order valence-corrected chi connectivity index (χ4v) is 4.64. The zero-order valence-corrected chi connectivity index (χ0v) is 25.9. The fourth-order valence-electron chi connectivity index (χ4n) is 4.39. The number of aliphatic hydroxyl groups excluding tert-OH is 1. The van der Waals surface area contributed by atoms with Gasteiger partial charge in [-0.05, 0) is 38.5 Å². The van der Waals surface area contributed by atoms with E-state index in [1.807, 2.05) is 45.3 Å². The molecule has 3 aromatic rings. The van der Waals surface area contributed by atoms with Gasteiger partial charge in [0.25, 0.3) is 5.56 Å². The van der Waals surface area contributed by atoms with Crippen LogP contribution in [0.5, 0.6) is 5.88 Å². The lowest BCUT2D eigenvalue weighted by atomic mass is 9.99. The van der Waals surface area contributed by atoms with Crippen LogP contribution in [0.4, 0.5) is 5.69 Å². The minimum atomic E-state index is -0.634. The Morgan fingerprint density at radius 1 is 1.20 bits per heavy atom. The number of aliphatic hydroxyl groups is 1. The monoisotopic (exact) mass is 585 g/mol. The van der Waals surface area contributed by atoms with Crippen LogP contribution in [0, 0.1) is 0 Å². The maximum absolute atomic E-state index is 13.1. The SMILES string of the molecule is C=C/C(=C\C)C(c1c(C=O)nc(-c2cc(C=O)cnc2OC)n1C(C)C)N(C)c1cc(Cl)cn(C)c1=O.CC.CO. The summed E-state index contributed by atoms with van der Waals surface area (Å²) in [5, 5.41) is 7.39. The van der Waals surface area contributed by atoms with Crippen molar-refractivity contribution in [2.45, 2.75) is 46.7 Å². The molecule has 0 aliphatic rings. The van der Waals surface area contributed by atoms with Gasteiger partial charge in [0.05, 0.1) is 29.4 Å². The van der Waals surface area contributed by atoms with E-state index in [2.05, 4.69) is 16.5 Å². The first-order valence-electron chi connectivity index (χ1n) is 13.0. The van der Waals surface area contributed by atoms with Crippen LogP contribution < -0.4 is 15.2 Å². The molecule has 0 saturated heterocycles. The molecule has 0 bridgehead atoms. The molecule has 0 aromatic carbocycles. The Bertz CT molecular complexity index is 1440. The van der Waals surface area contributed by atoms with Crippen LogP contribution in [0.25, 0.3) is 11.4 Å². The molecule has 0 aliphatic carbocycles. The number of allylic oxidation sites excluding steroid dienone is 1. The van der Waals surface area contributed by atoms with Gasteiger partial charge in [0.2, 0.25) is 5.88 Å². The van der Waals surface area contributed by atoms with Crippen molar-refractivity contribution in [2.75, 3.05) is 26.2 Å². The topological polar surface area (TPSA) is 120 Å². The average Bonchev–Trinajstić information content (AvgIpc) is 3.38. The van der Waals surface area contributed by atoms with Gasteiger partial charge in [-0.1, -0.05) is 44.2 Å². The molecule has 11 heteroatoms. The van der Waals surface area contributed by atoms with Crippen molar-refractivity contribution in [1.29, 1.82) is 0 Å². The highest BCUT2D eigenvalue weighted by atomic mass is 35.5. The number of aryl methyl sites for hydroxylation is 1. The molecular weight excluding hydrogens is 546 g/mol. The Kier molecular flexibility index (Phi) is 13.9. The van der Waals surface area contributed by atoms with Gasteiger partial charge in [-0.15, -0.1) is 0 Å². The Morgan fingerprint density at radius 3 is 2.32 bits per heavy atom. The van der Waals surface area contributed by atoms with E-state index >= 15 is 0 Å². The number of aldehydes is 2. The number of likely N-dealkylation sites (N-methyl/N-ethyl adjacent to an activating group) is 1. The third kappa shape index (κ3) is 7.39. The third-order valence-electron chi connectivity index (χ3n) is 6.09. The summed E-state index contributed by atoms with van der Waals surface area (Å²) in [5.74, 6) is 0.655. The first-order chi connectivity index (χ1) is 19.6. The van der Waals surface area contributed by atoms with E-state index in [-0.39, 0.29) is 23.2 Å². The molecule has 0 amide bonds. The highest BCUT2D eigenvalue weighted by Crippen LogP contribution is 2.39. The van der Waals surface area contributed by atoms with Crippen molar-refractivity contribution in [2.24, 2.45) is 7.05 Å². The molecule has 3 aromatic heterocycles. The minimum Gasteiger partial charge on any atom is -0.480 e. The summed E-state index contributed by atoms with van der Waals surface area (Å²) in [5.41, 5.74) is 2.31. The number of carbonyl (C=O) groups excluding carboxylic acids is 2. The number of ether oxygens (including phenoxy) is 1. The van der Waals surface area contributed by atoms with Gasteiger partial charge in [-0.25, -0.2) is 9.97 Å². The van der Waals surface area contributed by atoms with E-state index in [0.29, 0.717) is 45.9 Å². The summed E-state index contributed by atoms with van der Waals surface area (Å²) in [6.45, 7) is 13.7. The van der Waals surface area contributed by atoms with Crippen molar-refractivity contribution >= 4 is 29.9 Å². The molecule has 0 aliphatic heterocycles. The van der Waals surface area contributed by atoms with Crippen LogP contribution >= 0.6 is 11.6 Å². The summed E-state index contributed by atoms with van der Waals surface area (Å²) in [4.78, 5) is 47.7. The zero-order chi connectivity index (χ0) is 31.4. The summed E-state index contributed by atoms with van der Waals surface area (Å²) in [7, 11) is 5.85. The van der Waals surface area contributed by atoms with Gasteiger partial charge in [0, 0.05) is 45.2 Å². The second-order valence-corrected chi connectivity index (χ2v) is 9.13. The van der Waals surface area contributed by atoms with Crippen molar-refractivity contribution in [1.82, 2.24) is 19.1 Å². The Balaban J connectivity index is 0.00000201. The minimum absolute atomic E-state index is 0.166. The molecule has 3 heterocycles. The van der Waals surface area contributed by atoms with Crippen LogP contribution in [-0.4, -0.2) is 58.0 Å². The molecule has 1 N–H and O–H groups in total. The van der Waals surface area contributed by atoms with Gasteiger partial charge in [0.1, 0.15) is 17.2 Å². The molecule has 3 rings (SSSR count). The first-order valence-corrected chi connectivity index (χ1v) is 13.4. The molecule has 1 unspecified atom stereocenters. The number of carbonyl (C=O) groups is 2. The normalized spacial score (nSPS) is 11.5. The van der Waals surface area contributed by atoms with Crippen LogP contribution in [0.1, 0.15) is 73.2 Å². The number of imidazole rings is 1. The van der Waals surface area contributed by atoms with Crippen molar-refractivity contribution < 1.29 is 19.4 Å². The zero-order valence-electron chi connectivity index (χ0n) is 25.2. The molecule has 0 spiro atoms. The van der Waals surface area contributed by atoms with Crippen molar-refractivity contribution in [3.63, 3.8) is 0 Å². The molecular formula is C30H40ClN5O5. The lowest BCUT2D eigenvalue weighted by Crippen LogP contribution is -2.34. The lowest BCUT2D eigenvalue weighted by Gasteiger charge is -2.33. The van der Waals surface area contributed by atoms with Crippen LogP contribution in [0.15, 0.2) is 53.6 Å². The van der Waals surface area contributed by atoms with Crippen LogP contribution in [0.3, 0.4) is 0 Å². The van der Waals surface area contributed by atoms with Gasteiger partial charge >= 0.3 is 0 Å². The van der Waals surface area contributed by atoms with E-state index in [9.17, 15) is 14.4 Å². The van der Waals surface area contributed by atoms with E-state index in [1.54, 1.807) is 37.2 Å². The highest BCUT2D eigenvalue weighted by molar-refractivity contribution is 6.30. The molecule has 1 atom stereocenters. The van der Waals surface area contributed by atoms with Crippen molar-refractivity contribution in [3.8, 4) is 17.3 Å². The summed E-state index contributed by atoms with van der Waals surface area (Å²) >= 11 is 6.31. The number of hydrogen-bond acceptors (Lipinski definition) is 8. The summed E-state index contributed by atoms with van der Waals surface area (Å²) < 4.78 is 8.75. The molecule has 10 nitrogen and oxygen atoms in total. The highest BCUT2D eigenvalue weighted by Gasteiger charge is 2.33. The van der Waals surface area contributed by atoms with Crippen LogP contribution in [-0.2, 0) is 7.05 Å². The van der Waals surface area contributed by atoms with Gasteiger partial charge in [-0.3, -0.25) is 14.4 Å². The van der Waals surface area contributed by atoms with Gasteiger partial charge in [-0.2, -0.15) is 0 Å². The largest absolute Gasteiger partial charge is 0.480 e. The number of aromatic nitrogens is 4. The number of anilines is 1. The molecule has 0 fully saturated rings. The Hall–Kier alpha value is -4.02. The van der Waals surface area contributed by atoms with E-state index in [0.717, 1.165) is 12.7 Å². The number of nitrogens with zero attached hydrogens (tertiary/aromatic N) is 5.